The molecule has 14 heteroatoms. The molecular formula is C28H29N11O3. The van der Waals surface area contributed by atoms with Gasteiger partial charge < -0.3 is 9.72 Å². The van der Waals surface area contributed by atoms with E-state index in [1.165, 1.54) is 4.90 Å². The van der Waals surface area contributed by atoms with Crippen LogP contribution in [-0.2, 0) is 16.0 Å². The summed E-state index contributed by atoms with van der Waals surface area (Å²) in [6, 6.07) is 3.37. The van der Waals surface area contributed by atoms with Crippen molar-refractivity contribution < 1.29 is 14.4 Å². The maximum atomic E-state index is 12.8. The number of imide groups is 1. The highest BCUT2D eigenvalue weighted by molar-refractivity contribution is 6.13. The van der Waals surface area contributed by atoms with Crippen LogP contribution in [0.5, 0.6) is 0 Å². The van der Waals surface area contributed by atoms with Crippen molar-refractivity contribution in [2.24, 2.45) is 5.92 Å². The molecule has 0 bridgehead atoms. The van der Waals surface area contributed by atoms with Gasteiger partial charge in [-0.15, -0.1) is 0 Å². The zero-order valence-electron chi connectivity index (χ0n) is 23.2. The van der Waals surface area contributed by atoms with E-state index >= 15 is 0 Å². The average molecular weight is 568 g/mol. The third kappa shape index (κ3) is 5.22. The lowest BCUT2D eigenvalue weighted by molar-refractivity contribution is -0.118. The fourth-order valence-corrected chi connectivity index (χ4v) is 5.29. The first kappa shape index (κ1) is 25.9. The summed E-state index contributed by atoms with van der Waals surface area (Å²) in [5.41, 5.74) is 4.06. The van der Waals surface area contributed by atoms with Gasteiger partial charge in [0.1, 0.15) is 18.2 Å². The topological polar surface area (TPSA) is 172 Å². The van der Waals surface area contributed by atoms with Gasteiger partial charge in [0.2, 0.25) is 23.7 Å². The monoisotopic (exact) mass is 567 g/mol. The van der Waals surface area contributed by atoms with Crippen LogP contribution in [0, 0.1) is 19.8 Å². The van der Waals surface area contributed by atoms with Crippen LogP contribution in [0.4, 0.5) is 22.4 Å². The Morgan fingerprint density at radius 3 is 2.67 bits per heavy atom. The van der Waals surface area contributed by atoms with Gasteiger partial charge in [-0.05, 0) is 56.7 Å². The van der Waals surface area contributed by atoms with Crippen molar-refractivity contribution in [2.75, 3.05) is 28.6 Å². The van der Waals surface area contributed by atoms with Gasteiger partial charge in [0.25, 0.3) is 0 Å². The Morgan fingerprint density at radius 2 is 1.90 bits per heavy atom. The maximum Gasteiger partial charge on any atom is 0.329 e. The highest BCUT2D eigenvalue weighted by Crippen LogP contribution is 2.46. The number of nitrogens with one attached hydrogen (secondary N) is 3. The van der Waals surface area contributed by atoms with Gasteiger partial charge in [-0.1, -0.05) is 0 Å². The first-order chi connectivity index (χ1) is 20.3. The molecule has 3 fully saturated rings. The standard InChI is InChI=1S/C28H29N11O3/c1-14-5-7-29-23(31-14)19-10-20(19)25(41)36-27-33-15(2)32-26(37-27)30-8-6-18-12-38-11-17(16-3-4-16)9-21(24(38)34-18)39-13-22(40)35-28(39)42/h5,7,9,11-12,16,19-20H,3-4,6,8,10,13H2,1-2H3,(H,35,40,42)(H2,30,32,33,36,37,41). The lowest BCUT2D eigenvalue weighted by atomic mass is 10.1. The Bertz CT molecular complexity index is 1750. The molecule has 4 aromatic heterocycles. The fourth-order valence-electron chi connectivity index (χ4n) is 5.29. The van der Waals surface area contributed by atoms with Crippen LogP contribution in [0.15, 0.2) is 30.7 Å². The molecule has 2 saturated carbocycles. The van der Waals surface area contributed by atoms with Gasteiger partial charge in [-0.2, -0.15) is 15.0 Å². The summed E-state index contributed by atoms with van der Waals surface area (Å²) in [7, 11) is 0. The predicted octanol–water partition coefficient (Wildman–Crippen LogP) is 2.26. The molecule has 7 rings (SSSR count). The van der Waals surface area contributed by atoms with Crippen LogP contribution in [0.1, 0.15) is 59.7 Å². The number of urea groups is 1. The molecule has 0 aromatic carbocycles. The van der Waals surface area contributed by atoms with Gasteiger partial charge in [0, 0.05) is 49.1 Å². The van der Waals surface area contributed by atoms with Crippen LogP contribution >= 0.6 is 0 Å². The molecule has 0 spiro atoms. The van der Waals surface area contributed by atoms with E-state index in [1.54, 1.807) is 13.1 Å². The lowest BCUT2D eigenvalue weighted by Gasteiger charge is -2.15. The maximum absolute atomic E-state index is 12.8. The molecule has 14 nitrogen and oxygen atoms in total. The average Bonchev–Trinajstić information content (AvgIpc) is 3.86. The number of aryl methyl sites for hydroxylation is 2. The van der Waals surface area contributed by atoms with Crippen molar-refractivity contribution >= 4 is 41.1 Å². The number of hydrogen-bond donors (Lipinski definition) is 3. The minimum absolute atomic E-state index is 0.00271. The summed E-state index contributed by atoms with van der Waals surface area (Å²) in [6.45, 7) is 4.09. The smallest absolute Gasteiger partial charge is 0.329 e. The number of nitrogens with zero attached hydrogens (tertiary/aromatic N) is 8. The largest absolute Gasteiger partial charge is 0.354 e. The van der Waals surface area contributed by atoms with Gasteiger partial charge in [-0.3, -0.25) is 25.1 Å². The molecule has 3 aliphatic rings. The molecule has 4 amide bonds. The zero-order chi connectivity index (χ0) is 29.0. The Kier molecular flexibility index (Phi) is 6.25. The number of fused-ring (bicyclic) bond motifs is 1. The van der Waals surface area contributed by atoms with Crippen LogP contribution in [0.3, 0.4) is 0 Å². The Balaban J connectivity index is 1.02. The van der Waals surface area contributed by atoms with E-state index in [-0.39, 0.29) is 36.1 Å². The number of anilines is 3. The van der Waals surface area contributed by atoms with Crippen LogP contribution in [0.2, 0.25) is 0 Å². The zero-order valence-corrected chi connectivity index (χ0v) is 23.2. The van der Waals surface area contributed by atoms with E-state index in [0.717, 1.165) is 29.8 Å². The minimum Gasteiger partial charge on any atom is -0.354 e. The summed E-state index contributed by atoms with van der Waals surface area (Å²) in [5.74, 6) is 1.44. The van der Waals surface area contributed by atoms with E-state index < -0.39 is 6.03 Å². The number of pyridine rings is 1. The van der Waals surface area contributed by atoms with E-state index in [9.17, 15) is 14.4 Å². The van der Waals surface area contributed by atoms with E-state index in [0.29, 0.717) is 54.2 Å². The van der Waals surface area contributed by atoms with E-state index in [1.807, 2.05) is 29.7 Å². The number of hydrogen-bond acceptors (Lipinski definition) is 10. The van der Waals surface area contributed by atoms with Gasteiger partial charge in [0.05, 0.1) is 11.4 Å². The molecule has 2 unspecified atom stereocenters. The van der Waals surface area contributed by atoms with Gasteiger partial charge >= 0.3 is 6.03 Å². The highest BCUT2D eigenvalue weighted by Gasteiger charge is 2.46. The molecule has 2 aliphatic carbocycles. The Labute approximate surface area is 240 Å². The molecular weight excluding hydrogens is 538 g/mol. The van der Waals surface area contributed by atoms with E-state index in [2.05, 4.69) is 47.1 Å². The Hall–Kier alpha value is -5.01. The molecule has 3 N–H and O–H groups in total. The van der Waals surface area contributed by atoms with Crippen LogP contribution in [0.25, 0.3) is 5.65 Å². The van der Waals surface area contributed by atoms with Crippen LogP contribution in [-0.4, -0.2) is 65.2 Å². The summed E-state index contributed by atoms with van der Waals surface area (Å²) in [5, 5.41) is 8.35. The number of carbonyl (C=O) groups excluding carboxylic acids is 3. The van der Waals surface area contributed by atoms with Crippen molar-refractivity contribution in [1.29, 1.82) is 0 Å². The van der Waals surface area contributed by atoms with Crippen molar-refractivity contribution in [1.82, 2.24) is 39.6 Å². The number of aromatic nitrogens is 7. The second-order valence-corrected chi connectivity index (χ2v) is 11.0. The van der Waals surface area contributed by atoms with Crippen molar-refractivity contribution in [3.8, 4) is 0 Å². The molecule has 2 atom stereocenters. The highest BCUT2D eigenvalue weighted by atomic mass is 16.2. The molecule has 5 heterocycles. The molecule has 1 aliphatic heterocycles. The van der Waals surface area contributed by atoms with Crippen molar-refractivity contribution in [2.45, 2.75) is 51.4 Å². The minimum atomic E-state index is -0.435. The van der Waals surface area contributed by atoms with Gasteiger partial charge in [-0.25, -0.2) is 19.7 Å². The summed E-state index contributed by atoms with van der Waals surface area (Å²) >= 11 is 0. The van der Waals surface area contributed by atoms with Gasteiger partial charge in [0.15, 0.2) is 5.65 Å². The summed E-state index contributed by atoms with van der Waals surface area (Å²) < 4.78 is 1.93. The SMILES string of the molecule is Cc1ccnc(C2CC2C(=O)Nc2nc(C)nc(NCCc3cn4cc(C5CC5)cc(N5CC(=O)NC5=O)c4n3)n2)n1. The van der Waals surface area contributed by atoms with Crippen LogP contribution < -0.4 is 20.9 Å². The first-order valence-electron chi connectivity index (χ1n) is 14.0. The quantitative estimate of drug-likeness (QED) is 0.255. The third-order valence-electron chi connectivity index (χ3n) is 7.65. The predicted molar refractivity (Wildman–Crippen MR) is 151 cm³/mol. The normalized spacial score (nSPS) is 19.7. The number of rotatable bonds is 9. The second kappa shape index (κ2) is 10.1. The number of imidazole rings is 1. The Morgan fingerprint density at radius 1 is 1.07 bits per heavy atom. The summed E-state index contributed by atoms with van der Waals surface area (Å²) in [4.78, 5) is 65.1. The second-order valence-electron chi connectivity index (χ2n) is 11.0. The molecule has 4 aromatic rings. The number of carbonyl (C=O) groups is 3. The van der Waals surface area contributed by atoms with Crippen molar-refractivity contribution in [3.63, 3.8) is 0 Å². The third-order valence-corrected chi connectivity index (χ3v) is 7.65. The van der Waals surface area contributed by atoms with E-state index in [4.69, 9.17) is 4.98 Å². The van der Waals surface area contributed by atoms with Crippen molar-refractivity contribution in [3.05, 3.63) is 59.3 Å². The molecule has 214 valence electrons. The molecule has 42 heavy (non-hydrogen) atoms. The fraction of sp³-hybridized carbons (Fsp3) is 0.393. The summed E-state index contributed by atoms with van der Waals surface area (Å²) in [6.07, 6.45) is 9.16. The molecule has 1 saturated heterocycles. The molecule has 0 radical (unpaired) electrons. The first-order valence-corrected chi connectivity index (χ1v) is 14.0. The number of amides is 4. The lowest BCUT2D eigenvalue weighted by Crippen LogP contribution is -2.28.